The molecule has 39 heavy (non-hydrogen) atoms. The van der Waals surface area contributed by atoms with Gasteiger partial charge in [0.1, 0.15) is 5.75 Å². The molecule has 0 fully saturated rings. The van der Waals surface area contributed by atoms with Gasteiger partial charge in [0.05, 0.1) is 13.5 Å². The van der Waals surface area contributed by atoms with Gasteiger partial charge >= 0.3 is 5.97 Å². The topological polar surface area (TPSA) is 58.6 Å². The average Bonchev–Trinajstić information content (AvgIpc) is 2.94. The van der Waals surface area contributed by atoms with Gasteiger partial charge in [-0.1, -0.05) is 136 Å². The molecule has 1 aromatic carbocycles. The van der Waals surface area contributed by atoms with Crippen LogP contribution in [0.1, 0.15) is 168 Å². The number of hydrogen-bond acceptors (Lipinski definition) is 3. The number of ether oxygens (including phenoxy) is 1. The van der Waals surface area contributed by atoms with Crippen LogP contribution >= 0.6 is 0 Å². The molecule has 0 aliphatic carbocycles. The number of unbranched alkanes of at least 4 members (excludes halogenated alkanes) is 16. The summed E-state index contributed by atoms with van der Waals surface area (Å²) >= 11 is 0. The van der Waals surface area contributed by atoms with Crippen LogP contribution in [-0.2, 0) is 10.2 Å². The highest BCUT2D eigenvalue weighted by Crippen LogP contribution is 2.44. The molecule has 0 aliphatic heterocycles. The van der Waals surface area contributed by atoms with Crippen molar-refractivity contribution >= 4 is 11.7 Å². The van der Waals surface area contributed by atoms with E-state index in [1.165, 1.54) is 134 Å². The maximum absolute atomic E-state index is 11.2. The third-order valence-corrected chi connectivity index (χ3v) is 8.65. The van der Waals surface area contributed by atoms with Gasteiger partial charge in [-0.25, -0.2) is 0 Å². The van der Waals surface area contributed by atoms with E-state index in [-0.39, 0.29) is 11.8 Å². The molecule has 0 saturated heterocycles. The molecule has 1 atom stereocenters. The number of nitrogens with one attached hydrogen (secondary N) is 1. The van der Waals surface area contributed by atoms with Gasteiger partial charge in [-0.3, -0.25) is 4.79 Å². The Kier molecular flexibility index (Phi) is 20.9. The second kappa shape index (κ2) is 23.0. The van der Waals surface area contributed by atoms with Crippen molar-refractivity contribution in [3.05, 3.63) is 23.8 Å². The molecule has 0 spiro atoms. The van der Waals surface area contributed by atoms with Gasteiger partial charge < -0.3 is 15.2 Å². The second-order valence-electron chi connectivity index (χ2n) is 11.8. The van der Waals surface area contributed by atoms with E-state index in [0.29, 0.717) is 6.54 Å². The summed E-state index contributed by atoms with van der Waals surface area (Å²) in [6.45, 7) is 7.36. The number of rotatable bonds is 27. The first-order chi connectivity index (χ1) is 19.0. The van der Waals surface area contributed by atoms with Crippen molar-refractivity contribution in [2.24, 2.45) is 0 Å². The zero-order valence-electron chi connectivity index (χ0n) is 26.3. The Morgan fingerprint density at radius 3 is 1.62 bits per heavy atom. The van der Waals surface area contributed by atoms with E-state index in [1.807, 2.05) is 6.07 Å². The quantitative estimate of drug-likeness (QED) is 0.108. The first-order valence-electron chi connectivity index (χ1n) is 16.7. The summed E-state index contributed by atoms with van der Waals surface area (Å²) in [6.07, 6.45) is 27.8. The molecule has 1 aromatic rings. The number of methoxy groups -OCH3 is 1. The van der Waals surface area contributed by atoms with Gasteiger partial charge in [-0.05, 0) is 48.4 Å². The van der Waals surface area contributed by atoms with Crippen LogP contribution in [0.15, 0.2) is 18.2 Å². The lowest BCUT2D eigenvalue weighted by molar-refractivity contribution is -0.136. The zero-order valence-corrected chi connectivity index (χ0v) is 26.3. The Morgan fingerprint density at radius 1 is 0.744 bits per heavy atom. The maximum atomic E-state index is 11.2. The molecule has 0 aromatic heterocycles. The summed E-state index contributed by atoms with van der Waals surface area (Å²) in [5, 5.41) is 12.7. The number of aliphatic carboxylic acids is 1. The summed E-state index contributed by atoms with van der Waals surface area (Å²) in [5.74, 6) is 0.134. The number of benzene rings is 1. The molecule has 0 aliphatic rings. The van der Waals surface area contributed by atoms with Crippen LogP contribution < -0.4 is 10.1 Å². The third kappa shape index (κ3) is 15.6. The van der Waals surface area contributed by atoms with E-state index in [1.54, 1.807) is 7.11 Å². The zero-order chi connectivity index (χ0) is 28.6. The normalized spacial score (nSPS) is 12.8. The minimum absolute atomic E-state index is 0.0997. The second-order valence-corrected chi connectivity index (χ2v) is 11.8. The summed E-state index contributed by atoms with van der Waals surface area (Å²) in [5.41, 5.74) is 2.52. The summed E-state index contributed by atoms with van der Waals surface area (Å²) in [6, 6.07) is 6.34. The van der Waals surface area contributed by atoms with Crippen LogP contribution in [0.4, 0.5) is 5.69 Å². The van der Waals surface area contributed by atoms with Crippen molar-refractivity contribution in [3.8, 4) is 5.75 Å². The number of anilines is 1. The standard InChI is InChI=1S/C35H63NO3/c1-5-8-10-12-14-16-17-19-21-23-28-35(7-3,27-22-20-18-15-13-11-9-6-2)32-30-31(39-4)24-25-33(32)36-29-26-34(37)38/h24-25,30,36H,5-23,26-29H2,1-4H3,(H,37,38). The molecule has 2 N–H and O–H groups in total. The third-order valence-electron chi connectivity index (χ3n) is 8.65. The van der Waals surface area contributed by atoms with E-state index in [4.69, 9.17) is 4.74 Å². The Balaban J connectivity index is 2.84. The lowest BCUT2D eigenvalue weighted by atomic mass is 9.70. The SMILES string of the molecule is CCCCCCCCCCCCC(CC)(CCCCCCCCCC)c1cc(OC)ccc1NCCC(=O)O. The van der Waals surface area contributed by atoms with E-state index in [0.717, 1.165) is 17.9 Å². The summed E-state index contributed by atoms with van der Waals surface area (Å²) in [7, 11) is 1.74. The molecule has 4 heteroatoms. The summed E-state index contributed by atoms with van der Waals surface area (Å²) in [4.78, 5) is 11.2. The van der Waals surface area contributed by atoms with Crippen LogP contribution in [-0.4, -0.2) is 24.7 Å². The molecule has 0 radical (unpaired) electrons. The van der Waals surface area contributed by atoms with Crippen LogP contribution in [0.2, 0.25) is 0 Å². The van der Waals surface area contributed by atoms with Crippen molar-refractivity contribution in [2.75, 3.05) is 19.0 Å². The van der Waals surface area contributed by atoms with Gasteiger partial charge in [0.15, 0.2) is 0 Å². The molecule has 0 bridgehead atoms. The van der Waals surface area contributed by atoms with Crippen molar-refractivity contribution in [1.29, 1.82) is 0 Å². The molecular formula is C35H63NO3. The predicted molar refractivity (Wildman–Crippen MR) is 169 cm³/mol. The van der Waals surface area contributed by atoms with Gasteiger partial charge in [-0.2, -0.15) is 0 Å². The molecule has 0 saturated carbocycles. The fourth-order valence-corrected chi connectivity index (χ4v) is 6.03. The molecule has 0 heterocycles. The molecular weight excluding hydrogens is 482 g/mol. The van der Waals surface area contributed by atoms with E-state index < -0.39 is 5.97 Å². The van der Waals surface area contributed by atoms with Gasteiger partial charge in [0.2, 0.25) is 0 Å². The van der Waals surface area contributed by atoms with Crippen molar-refractivity contribution in [3.63, 3.8) is 0 Å². The van der Waals surface area contributed by atoms with E-state index in [2.05, 4.69) is 38.2 Å². The molecule has 0 amide bonds. The Labute approximate surface area is 242 Å². The van der Waals surface area contributed by atoms with E-state index in [9.17, 15) is 9.90 Å². The predicted octanol–water partition coefficient (Wildman–Crippen LogP) is 11.1. The van der Waals surface area contributed by atoms with Gasteiger partial charge in [-0.15, -0.1) is 0 Å². The molecule has 1 unspecified atom stereocenters. The largest absolute Gasteiger partial charge is 0.497 e. The van der Waals surface area contributed by atoms with Crippen LogP contribution in [0, 0.1) is 0 Å². The van der Waals surface area contributed by atoms with E-state index >= 15 is 0 Å². The fourth-order valence-electron chi connectivity index (χ4n) is 6.03. The van der Waals surface area contributed by atoms with Gasteiger partial charge in [0, 0.05) is 12.2 Å². The number of carboxylic acid groups (broad SMARTS) is 1. The van der Waals surface area contributed by atoms with Crippen LogP contribution in [0.25, 0.3) is 0 Å². The first-order valence-corrected chi connectivity index (χ1v) is 16.7. The highest BCUT2D eigenvalue weighted by molar-refractivity contribution is 5.68. The lowest BCUT2D eigenvalue weighted by Crippen LogP contribution is -2.27. The van der Waals surface area contributed by atoms with Crippen molar-refractivity contribution < 1.29 is 14.6 Å². The first kappa shape index (κ1) is 35.3. The average molecular weight is 546 g/mol. The van der Waals surface area contributed by atoms with Crippen molar-refractivity contribution in [1.82, 2.24) is 0 Å². The monoisotopic (exact) mass is 545 g/mol. The number of carboxylic acids is 1. The molecule has 4 nitrogen and oxygen atoms in total. The maximum Gasteiger partial charge on any atom is 0.305 e. The van der Waals surface area contributed by atoms with Gasteiger partial charge in [0.25, 0.3) is 0 Å². The molecule has 1 rings (SSSR count). The highest BCUT2D eigenvalue weighted by atomic mass is 16.5. The van der Waals surface area contributed by atoms with Crippen LogP contribution in [0.3, 0.4) is 0 Å². The fraction of sp³-hybridized carbons (Fsp3) is 0.800. The minimum atomic E-state index is -0.761. The lowest BCUT2D eigenvalue weighted by Gasteiger charge is -2.36. The Bertz CT molecular complexity index is 735. The van der Waals surface area contributed by atoms with Crippen molar-refractivity contribution in [2.45, 2.75) is 167 Å². The smallest absolute Gasteiger partial charge is 0.305 e. The van der Waals surface area contributed by atoms with Crippen LogP contribution in [0.5, 0.6) is 5.75 Å². The number of carbonyl (C=O) groups is 1. The Morgan fingerprint density at radius 2 is 1.21 bits per heavy atom. The summed E-state index contributed by atoms with van der Waals surface area (Å²) < 4.78 is 5.67. The Hall–Kier alpha value is -1.71. The highest BCUT2D eigenvalue weighted by Gasteiger charge is 2.32. The minimum Gasteiger partial charge on any atom is -0.497 e. The molecule has 226 valence electrons. The number of hydrogen-bond donors (Lipinski definition) is 2.